The van der Waals surface area contributed by atoms with E-state index in [4.69, 9.17) is 9.47 Å². The van der Waals surface area contributed by atoms with Gasteiger partial charge in [0.25, 0.3) is 5.91 Å². The van der Waals surface area contributed by atoms with Gasteiger partial charge in [-0.1, -0.05) is 36.8 Å². The maximum Gasteiger partial charge on any atom is 0.305 e. The molecule has 0 aromatic heterocycles. The SMILES string of the molecule is CCOc1cc(C(CC(=O)O)N2Cc3cc4ccccc4cc3C2=O)ccc1OC1CCCCC1. The molecular formula is C29H31NO5. The smallest absolute Gasteiger partial charge is 0.305 e. The number of fused-ring (bicyclic) bond motifs is 2. The first-order chi connectivity index (χ1) is 17.0. The van der Waals surface area contributed by atoms with Crippen LogP contribution in [0.4, 0.5) is 0 Å². The van der Waals surface area contributed by atoms with Gasteiger partial charge in [-0.25, -0.2) is 0 Å². The predicted octanol–water partition coefficient (Wildman–Crippen LogP) is 6.12. The molecule has 0 spiro atoms. The molecule has 0 saturated heterocycles. The molecule has 6 heteroatoms. The van der Waals surface area contributed by atoms with Gasteiger partial charge >= 0.3 is 5.97 Å². The molecule has 0 radical (unpaired) electrons. The second-order valence-electron chi connectivity index (χ2n) is 9.42. The lowest BCUT2D eigenvalue weighted by molar-refractivity contribution is -0.138. The number of hydrogen-bond donors (Lipinski definition) is 1. The maximum atomic E-state index is 13.5. The molecular weight excluding hydrogens is 442 g/mol. The lowest BCUT2D eigenvalue weighted by Gasteiger charge is -2.28. The average molecular weight is 474 g/mol. The lowest BCUT2D eigenvalue weighted by Crippen LogP contribution is -2.31. The summed E-state index contributed by atoms with van der Waals surface area (Å²) >= 11 is 0. The highest BCUT2D eigenvalue weighted by atomic mass is 16.5. The Kier molecular flexibility index (Phi) is 6.62. The first kappa shape index (κ1) is 23.2. The number of benzene rings is 3. The summed E-state index contributed by atoms with van der Waals surface area (Å²) in [7, 11) is 0. The zero-order valence-corrected chi connectivity index (χ0v) is 20.0. The Balaban J connectivity index is 1.46. The molecule has 3 aromatic carbocycles. The Morgan fingerprint density at radius 1 is 1.03 bits per heavy atom. The normalized spacial score (nSPS) is 16.8. The Morgan fingerprint density at radius 2 is 1.77 bits per heavy atom. The summed E-state index contributed by atoms with van der Waals surface area (Å²) in [5.41, 5.74) is 2.30. The number of amides is 1. The zero-order chi connectivity index (χ0) is 24.4. The standard InChI is InChI=1S/C29H31NO5/c1-2-34-27-16-21(12-13-26(27)35-23-10-4-3-5-11-23)25(17-28(31)32)30-18-22-14-19-8-6-7-9-20(19)15-24(22)29(30)33/h6-9,12-16,23,25H,2-5,10-11,17-18H2,1H3,(H,31,32). The van der Waals surface area contributed by atoms with E-state index in [0.29, 0.717) is 30.2 Å². The summed E-state index contributed by atoms with van der Waals surface area (Å²) in [5.74, 6) is 0.182. The van der Waals surface area contributed by atoms with Crippen molar-refractivity contribution in [3.63, 3.8) is 0 Å². The first-order valence-electron chi connectivity index (χ1n) is 12.5. The van der Waals surface area contributed by atoms with Crippen molar-refractivity contribution in [3.05, 3.63) is 71.3 Å². The molecule has 1 aliphatic heterocycles. The van der Waals surface area contributed by atoms with E-state index in [1.54, 1.807) is 4.90 Å². The number of ether oxygens (including phenoxy) is 2. The van der Waals surface area contributed by atoms with Gasteiger partial charge in [0.15, 0.2) is 11.5 Å². The molecule has 2 aliphatic rings. The van der Waals surface area contributed by atoms with Crippen molar-refractivity contribution in [2.75, 3.05) is 6.61 Å². The number of nitrogens with zero attached hydrogens (tertiary/aromatic N) is 1. The van der Waals surface area contributed by atoms with Crippen LogP contribution >= 0.6 is 0 Å². The number of aliphatic carboxylic acids is 1. The van der Waals surface area contributed by atoms with Gasteiger partial charge in [-0.2, -0.15) is 0 Å². The minimum atomic E-state index is -0.954. The molecule has 5 rings (SSSR count). The van der Waals surface area contributed by atoms with E-state index in [1.807, 2.05) is 61.5 Å². The maximum absolute atomic E-state index is 13.5. The van der Waals surface area contributed by atoms with Gasteiger partial charge in [-0.15, -0.1) is 0 Å². The molecule has 1 N–H and O–H groups in total. The average Bonchev–Trinajstić information content (AvgIpc) is 3.18. The summed E-state index contributed by atoms with van der Waals surface area (Å²) in [5, 5.41) is 11.8. The van der Waals surface area contributed by atoms with Crippen LogP contribution in [-0.4, -0.2) is 34.6 Å². The van der Waals surface area contributed by atoms with Crippen LogP contribution < -0.4 is 9.47 Å². The van der Waals surface area contributed by atoms with E-state index >= 15 is 0 Å². The minimum absolute atomic E-state index is 0.141. The van der Waals surface area contributed by atoms with Crippen LogP contribution in [0.25, 0.3) is 10.8 Å². The van der Waals surface area contributed by atoms with Crippen molar-refractivity contribution in [1.29, 1.82) is 0 Å². The molecule has 182 valence electrons. The first-order valence-corrected chi connectivity index (χ1v) is 12.5. The molecule has 1 aliphatic carbocycles. The molecule has 6 nitrogen and oxygen atoms in total. The van der Waals surface area contributed by atoms with Crippen LogP contribution in [0, 0.1) is 0 Å². The molecule has 1 amide bonds. The lowest BCUT2D eigenvalue weighted by atomic mass is 9.97. The second kappa shape index (κ2) is 9.98. The molecule has 3 aromatic rings. The van der Waals surface area contributed by atoms with Crippen molar-refractivity contribution in [2.24, 2.45) is 0 Å². The number of rotatable bonds is 8. The van der Waals surface area contributed by atoms with Gasteiger partial charge in [0.05, 0.1) is 25.2 Å². The van der Waals surface area contributed by atoms with Crippen molar-refractivity contribution in [2.45, 2.75) is 64.1 Å². The van der Waals surface area contributed by atoms with Crippen molar-refractivity contribution in [1.82, 2.24) is 4.90 Å². The highest BCUT2D eigenvalue weighted by molar-refractivity contribution is 6.03. The van der Waals surface area contributed by atoms with Gasteiger partial charge in [-0.3, -0.25) is 9.59 Å². The molecule has 1 fully saturated rings. The topological polar surface area (TPSA) is 76.1 Å². The Morgan fingerprint density at radius 3 is 2.49 bits per heavy atom. The number of carboxylic acids is 1. The van der Waals surface area contributed by atoms with Crippen LogP contribution in [0.5, 0.6) is 11.5 Å². The van der Waals surface area contributed by atoms with Crippen LogP contribution in [0.2, 0.25) is 0 Å². The third-order valence-corrected chi connectivity index (χ3v) is 7.05. The summed E-state index contributed by atoms with van der Waals surface area (Å²) in [6, 6.07) is 16.9. The van der Waals surface area contributed by atoms with Crippen LogP contribution in [0.3, 0.4) is 0 Å². The molecule has 35 heavy (non-hydrogen) atoms. The van der Waals surface area contributed by atoms with Crippen LogP contribution in [0.15, 0.2) is 54.6 Å². The number of carbonyl (C=O) groups excluding carboxylic acids is 1. The number of carboxylic acid groups (broad SMARTS) is 1. The van der Waals surface area contributed by atoms with Crippen LogP contribution in [0.1, 0.15) is 73.0 Å². The molecule has 0 bridgehead atoms. The number of carbonyl (C=O) groups is 2. The zero-order valence-electron chi connectivity index (χ0n) is 20.0. The Hall–Kier alpha value is -3.54. The molecule has 1 unspecified atom stereocenters. The highest BCUT2D eigenvalue weighted by Gasteiger charge is 2.35. The Labute approximate surface area is 205 Å². The summed E-state index contributed by atoms with van der Waals surface area (Å²) < 4.78 is 12.2. The largest absolute Gasteiger partial charge is 0.490 e. The fraction of sp³-hybridized carbons (Fsp3) is 0.379. The van der Waals surface area contributed by atoms with Gasteiger partial charge in [0.2, 0.25) is 0 Å². The third kappa shape index (κ3) is 4.83. The Bertz CT molecular complexity index is 1250. The van der Waals surface area contributed by atoms with Gasteiger partial charge in [0.1, 0.15) is 0 Å². The second-order valence-corrected chi connectivity index (χ2v) is 9.42. The molecule has 1 heterocycles. The number of hydrogen-bond acceptors (Lipinski definition) is 4. The van der Waals surface area contributed by atoms with Crippen LogP contribution in [-0.2, 0) is 11.3 Å². The van der Waals surface area contributed by atoms with Gasteiger partial charge in [0, 0.05) is 12.1 Å². The van der Waals surface area contributed by atoms with E-state index < -0.39 is 12.0 Å². The van der Waals surface area contributed by atoms with E-state index in [-0.39, 0.29) is 18.4 Å². The van der Waals surface area contributed by atoms with E-state index in [0.717, 1.165) is 34.7 Å². The van der Waals surface area contributed by atoms with Gasteiger partial charge in [-0.05, 0) is 78.8 Å². The third-order valence-electron chi connectivity index (χ3n) is 7.05. The fourth-order valence-corrected chi connectivity index (χ4v) is 5.31. The van der Waals surface area contributed by atoms with E-state index in [2.05, 4.69) is 0 Å². The summed E-state index contributed by atoms with van der Waals surface area (Å²) in [4.78, 5) is 27.0. The van der Waals surface area contributed by atoms with Gasteiger partial charge < -0.3 is 19.5 Å². The summed E-state index contributed by atoms with van der Waals surface area (Å²) in [6.45, 7) is 2.76. The minimum Gasteiger partial charge on any atom is -0.490 e. The van der Waals surface area contributed by atoms with E-state index in [1.165, 1.54) is 19.3 Å². The van der Waals surface area contributed by atoms with Crippen molar-refractivity contribution >= 4 is 22.6 Å². The molecule has 1 atom stereocenters. The van der Waals surface area contributed by atoms with E-state index in [9.17, 15) is 14.7 Å². The quantitative estimate of drug-likeness (QED) is 0.426. The monoisotopic (exact) mass is 473 g/mol. The summed E-state index contributed by atoms with van der Waals surface area (Å²) in [6.07, 6.45) is 5.63. The van der Waals surface area contributed by atoms with Crippen molar-refractivity contribution < 1.29 is 24.2 Å². The highest BCUT2D eigenvalue weighted by Crippen LogP contribution is 2.39. The van der Waals surface area contributed by atoms with Crippen molar-refractivity contribution in [3.8, 4) is 11.5 Å². The predicted molar refractivity (Wildman–Crippen MR) is 134 cm³/mol. The molecule has 1 saturated carbocycles. The fourth-order valence-electron chi connectivity index (χ4n) is 5.31.